The van der Waals surface area contributed by atoms with Crippen molar-refractivity contribution in [3.05, 3.63) is 59.4 Å². The lowest BCUT2D eigenvalue weighted by Gasteiger charge is -2.09. The number of benzene rings is 2. The summed E-state index contributed by atoms with van der Waals surface area (Å²) in [6, 6.07) is 11.5. The molecule has 0 aliphatic heterocycles. The van der Waals surface area contributed by atoms with Crippen molar-refractivity contribution < 1.29 is 13.3 Å². The molecule has 2 aromatic carbocycles. The molecule has 1 atom stereocenters. The molecule has 19 heavy (non-hydrogen) atoms. The van der Waals surface area contributed by atoms with Crippen LogP contribution < -0.4 is 4.74 Å². The lowest BCUT2D eigenvalue weighted by atomic mass is 10.1. The Bertz CT molecular complexity index is 594. The highest BCUT2D eigenvalue weighted by molar-refractivity contribution is 7.84. The van der Waals surface area contributed by atoms with Crippen molar-refractivity contribution in [3.8, 4) is 5.75 Å². The van der Waals surface area contributed by atoms with E-state index >= 15 is 0 Å². The molecular formula is C15H15FO2S. The second-order valence-electron chi connectivity index (χ2n) is 4.26. The zero-order valence-corrected chi connectivity index (χ0v) is 11.7. The van der Waals surface area contributed by atoms with Gasteiger partial charge in [-0.15, -0.1) is 0 Å². The lowest BCUT2D eigenvalue weighted by Crippen LogP contribution is -2.00. The topological polar surface area (TPSA) is 26.3 Å². The summed E-state index contributed by atoms with van der Waals surface area (Å²) < 4.78 is 30.3. The van der Waals surface area contributed by atoms with Crippen molar-refractivity contribution in [3.63, 3.8) is 0 Å². The van der Waals surface area contributed by atoms with Crippen molar-refractivity contribution in [2.24, 2.45) is 0 Å². The molecule has 0 radical (unpaired) electrons. The highest BCUT2D eigenvalue weighted by atomic mass is 32.2. The van der Waals surface area contributed by atoms with E-state index in [1.54, 1.807) is 19.2 Å². The van der Waals surface area contributed by atoms with E-state index in [1.807, 2.05) is 25.1 Å². The van der Waals surface area contributed by atoms with E-state index in [-0.39, 0.29) is 5.82 Å². The number of ether oxygens (including phenoxy) is 1. The molecule has 100 valence electrons. The fourth-order valence-electron chi connectivity index (χ4n) is 1.83. The number of rotatable bonds is 4. The summed E-state index contributed by atoms with van der Waals surface area (Å²) in [5.41, 5.74) is 1.98. The van der Waals surface area contributed by atoms with Gasteiger partial charge >= 0.3 is 0 Å². The standard InChI is InChI=1S/C15H15FO2S/c1-11-3-8-15(18-2)12(9-11)10-19(17)14-6-4-13(16)5-7-14/h3-9H,10H2,1-2H3. The van der Waals surface area contributed by atoms with Crippen LogP contribution in [0, 0.1) is 12.7 Å². The highest BCUT2D eigenvalue weighted by Gasteiger charge is 2.10. The Hall–Kier alpha value is -1.68. The first-order valence-electron chi connectivity index (χ1n) is 5.87. The summed E-state index contributed by atoms with van der Waals surface area (Å²) in [5.74, 6) is 0.756. The van der Waals surface area contributed by atoms with E-state index in [0.717, 1.165) is 16.9 Å². The van der Waals surface area contributed by atoms with Gasteiger partial charge in [0.2, 0.25) is 0 Å². The van der Waals surface area contributed by atoms with Crippen molar-refractivity contribution in [2.45, 2.75) is 17.6 Å². The molecule has 0 fully saturated rings. The Morgan fingerprint density at radius 1 is 1.16 bits per heavy atom. The molecule has 1 unspecified atom stereocenters. The van der Waals surface area contributed by atoms with Gasteiger partial charge in [0.15, 0.2) is 0 Å². The molecule has 0 amide bonds. The first-order chi connectivity index (χ1) is 9.10. The Morgan fingerprint density at radius 3 is 2.47 bits per heavy atom. The average Bonchev–Trinajstić information content (AvgIpc) is 2.39. The Balaban J connectivity index is 2.23. The zero-order valence-electron chi connectivity index (χ0n) is 10.9. The highest BCUT2D eigenvalue weighted by Crippen LogP contribution is 2.23. The van der Waals surface area contributed by atoms with E-state index < -0.39 is 10.8 Å². The van der Waals surface area contributed by atoms with Gasteiger partial charge in [0.05, 0.1) is 23.7 Å². The Labute approximate surface area is 114 Å². The Kier molecular flexibility index (Phi) is 4.32. The number of hydrogen-bond donors (Lipinski definition) is 0. The van der Waals surface area contributed by atoms with Crippen LogP contribution in [0.5, 0.6) is 5.75 Å². The van der Waals surface area contributed by atoms with Crippen LogP contribution >= 0.6 is 0 Å². The third-order valence-electron chi connectivity index (χ3n) is 2.80. The monoisotopic (exact) mass is 278 g/mol. The van der Waals surface area contributed by atoms with Gasteiger partial charge < -0.3 is 4.74 Å². The average molecular weight is 278 g/mol. The van der Waals surface area contributed by atoms with Gasteiger partial charge in [0, 0.05) is 10.5 Å². The van der Waals surface area contributed by atoms with Gasteiger partial charge in [-0.2, -0.15) is 0 Å². The zero-order chi connectivity index (χ0) is 13.8. The number of hydrogen-bond acceptors (Lipinski definition) is 2. The summed E-state index contributed by atoms with van der Waals surface area (Å²) in [6.07, 6.45) is 0. The molecule has 0 aromatic heterocycles. The molecule has 4 heteroatoms. The maximum Gasteiger partial charge on any atom is 0.123 e. The quantitative estimate of drug-likeness (QED) is 0.856. The van der Waals surface area contributed by atoms with Crippen LogP contribution in [0.3, 0.4) is 0 Å². The molecule has 0 N–H and O–H groups in total. The van der Waals surface area contributed by atoms with Gasteiger partial charge in [-0.25, -0.2) is 4.39 Å². The summed E-state index contributed by atoms with van der Waals surface area (Å²) in [6.45, 7) is 1.98. The predicted molar refractivity (Wildman–Crippen MR) is 74.2 cm³/mol. The fraction of sp³-hybridized carbons (Fsp3) is 0.200. The summed E-state index contributed by atoms with van der Waals surface area (Å²) >= 11 is 0. The lowest BCUT2D eigenvalue weighted by molar-refractivity contribution is 0.411. The van der Waals surface area contributed by atoms with Crippen LogP contribution in [0.4, 0.5) is 4.39 Å². The molecule has 0 saturated heterocycles. The van der Waals surface area contributed by atoms with Crippen molar-refractivity contribution in [1.82, 2.24) is 0 Å². The molecule has 0 saturated carbocycles. The molecule has 0 bridgehead atoms. The van der Waals surface area contributed by atoms with Crippen molar-refractivity contribution >= 4 is 10.8 Å². The van der Waals surface area contributed by atoms with E-state index in [2.05, 4.69) is 0 Å². The maximum atomic E-state index is 12.8. The van der Waals surface area contributed by atoms with Crippen LogP contribution in [0.1, 0.15) is 11.1 Å². The molecule has 2 rings (SSSR count). The molecule has 0 aliphatic carbocycles. The third kappa shape index (κ3) is 3.41. The Morgan fingerprint density at radius 2 is 1.84 bits per heavy atom. The predicted octanol–water partition coefficient (Wildman–Crippen LogP) is 3.45. The van der Waals surface area contributed by atoms with E-state index in [4.69, 9.17) is 4.74 Å². The second-order valence-corrected chi connectivity index (χ2v) is 5.71. The van der Waals surface area contributed by atoms with Crippen LogP contribution in [0.2, 0.25) is 0 Å². The van der Waals surface area contributed by atoms with Gasteiger partial charge in [0.25, 0.3) is 0 Å². The van der Waals surface area contributed by atoms with Crippen LogP contribution in [0.25, 0.3) is 0 Å². The first kappa shape index (κ1) is 13.7. The minimum absolute atomic E-state index is 0.325. The van der Waals surface area contributed by atoms with E-state index in [1.165, 1.54) is 12.1 Å². The number of aryl methyl sites for hydroxylation is 1. The summed E-state index contributed by atoms with van der Waals surface area (Å²) in [4.78, 5) is 0.616. The number of methoxy groups -OCH3 is 1. The molecule has 0 spiro atoms. The summed E-state index contributed by atoms with van der Waals surface area (Å²) in [5, 5.41) is 0. The minimum atomic E-state index is -1.21. The molecule has 2 nitrogen and oxygen atoms in total. The van der Waals surface area contributed by atoms with Crippen molar-refractivity contribution in [2.75, 3.05) is 7.11 Å². The van der Waals surface area contributed by atoms with Crippen molar-refractivity contribution in [1.29, 1.82) is 0 Å². The van der Waals surface area contributed by atoms with Gasteiger partial charge in [-0.3, -0.25) is 4.21 Å². The second kappa shape index (κ2) is 5.97. The van der Waals surface area contributed by atoms with Crippen LogP contribution in [-0.2, 0) is 16.6 Å². The molecule has 0 heterocycles. The van der Waals surface area contributed by atoms with E-state index in [0.29, 0.717) is 10.6 Å². The minimum Gasteiger partial charge on any atom is -0.496 e. The number of halogens is 1. The van der Waals surface area contributed by atoms with Crippen LogP contribution in [0.15, 0.2) is 47.4 Å². The first-order valence-corrected chi connectivity index (χ1v) is 7.19. The smallest absolute Gasteiger partial charge is 0.123 e. The molecule has 0 aliphatic rings. The van der Waals surface area contributed by atoms with Gasteiger partial charge in [-0.1, -0.05) is 17.7 Å². The van der Waals surface area contributed by atoms with E-state index in [9.17, 15) is 8.60 Å². The normalized spacial score (nSPS) is 12.2. The largest absolute Gasteiger partial charge is 0.496 e. The SMILES string of the molecule is COc1ccc(C)cc1CS(=O)c1ccc(F)cc1. The van der Waals surface area contributed by atoms with Gasteiger partial charge in [-0.05, 0) is 37.3 Å². The molecule has 2 aromatic rings. The third-order valence-corrected chi connectivity index (χ3v) is 4.17. The summed E-state index contributed by atoms with van der Waals surface area (Å²) in [7, 11) is 0.383. The van der Waals surface area contributed by atoms with Gasteiger partial charge in [0.1, 0.15) is 11.6 Å². The fourth-order valence-corrected chi connectivity index (χ4v) is 2.95. The van der Waals surface area contributed by atoms with Crippen LogP contribution in [-0.4, -0.2) is 11.3 Å². The maximum absolute atomic E-state index is 12.8. The molecular weight excluding hydrogens is 263 g/mol.